The molecule has 0 amide bonds. The van der Waals surface area contributed by atoms with Gasteiger partial charge in [-0.2, -0.15) is 0 Å². The Kier molecular flexibility index (Phi) is 62.1. The highest BCUT2D eigenvalue weighted by atomic mass is 16.6. The van der Waals surface area contributed by atoms with Crippen LogP contribution in [0.1, 0.15) is 367 Å². The van der Waals surface area contributed by atoms with Crippen molar-refractivity contribution in [3.05, 3.63) is 36.5 Å². The first-order chi connectivity index (χ1) is 37.0. The highest BCUT2D eigenvalue weighted by Crippen LogP contribution is 2.18. The van der Waals surface area contributed by atoms with Crippen LogP contribution in [0.4, 0.5) is 0 Å². The molecule has 0 aliphatic carbocycles. The predicted molar refractivity (Wildman–Crippen MR) is 326 cm³/mol. The summed E-state index contributed by atoms with van der Waals surface area (Å²) in [6, 6.07) is 0. The van der Waals surface area contributed by atoms with E-state index in [1.54, 1.807) is 0 Å². The van der Waals surface area contributed by atoms with Gasteiger partial charge in [0.2, 0.25) is 0 Å². The molecule has 6 heteroatoms. The van der Waals surface area contributed by atoms with Crippen LogP contribution in [-0.2, 0) is 28.6 Å². The molecule has 0 bridgehead atoms. The van der Waals surface area contributed by atoms with E-state index in [2.05, 4.69) is 57.2 Å². The summed E-state index contributed by atoms with van der Waals surface area (Å²) in [4.78, 5) is 38.3. The van der Waals surface area contributed by atoms with E-state index < -0.39 is 6.10 Å². The molecule has 0 saturated heterocycles. The molecule has 0 heterocycles. The average molecular weight is 1050 g/mol. The zero-order chi connectivity index (χ0) is 54.3. The Labute approximate surface area is 467 Å². The minimum Gasteiger partial charge on any atom is -0.462 e. The zero-order valence-electron chi connectivity index (χ0n) is 50.6. The van der Waals surface area contributed by atoms with Gasteiger partial charge in [0.25, 0.3) is 0 Å². The smallest absolute Gasteiger partial charge is 0.306 e. The average Bonchev–Trinajstić information content (AvgIpc) is 3.41. The second-order valence-corrected chi connectivity index (χ2v) is 22.7. The summed E-state index contributed by atoms with van der Waals surface area (Å²) in [6.45, 7) is 6.65. The van der Waals surface area contributed by atoms with Crippen molar-refractivity contribution < 1.29 is 28.6 Å². The summed E-state index contributed by atoms with van der Waals surface area (Å²) in [5.41, 5.74) is 0. The van der Waals surface area contributed by atoms with Gasteiger partial charge in [-0.15, -0.1) is 0 Å². The van der Waals surface area contributed by atoms with Gasteiger partial charge in [-0.1, -0.05) is 314 Å². The quantitative estimate of drug-likeness (QED) is 0.0261. The molecule has 75 heavy (non-hydrogen) atoms. The third kappa shape index (κ3) is 62.4. The molecule has 0 saturated carbocycles. The monoisotopic (exact) mass is 1050 g/mol. The zero-order valence-corrected chi connectivity index (χ0v) is 50.6. The highest BCUT2D eigenvalue weighted by Gasteiger charge is 2.19. The van der Waals surface area contributed by atoms with E-state index in [1.165, 1.54) is 250 Å². The molecule has 0 rings (SSSR count). The molecule has 1 atom stereocenters. The van der Waals surface area contributed by atoms with Crippen LogP contribution in [-0.4, -0.2) is 37.2 Å². The second kappa shape index (κ2) is 64.2. The maximum Gasteiger partial charge on any atom is 0.306 e. The summed E-state index contributed by atoms with van der Waals surface area (Å²) in [5.74, 6) is -0.862. The summed E-state index contributed by atoms with van der Waals surface area (Å²) < 4.78 is 17.0. The van der Waals surface area contributed by atoms with Crippen molar-refractivity contribution in [3.8, 4) is 0 Å². The first-order valence-corrected chi connectivity index (χ1v) is 33.5. The Hall–Kier alpha value is -2.37. The van der Waals surface area contributed by atoms with Gasteiger partial charge < -0.3 is 14.2 Å². The third-order valence-electron chi connectivity index (χ3n) is 15.1. The number of unbranched alkanes of at least 4 members (excludes halogenated alkanes) is 45. The fraction of sp³-hybridized carbons (Fsp3) is 0.870. The van der Waals surface area contributed by atoms with Gasteiger partial charge >= 0.3 is 17.9 Å². The van der Waals surface area contributed by atoms with E-state index in [4.69, 9.17) is 14.2 Å². The molecule has 0 aromatic heterocycles. The van der Waals surface area contributed by atoms with Crippen molar-refractivity contribution in [2.24, 2.45) is 0 Å². The number of carbonyl (C=O) groups excluding carboxylic acids is 3. The Morgan fingerprint density at radius 1 is 0.267 bits per heavy atom. The van der Waals surface area contributed by atoms with Crippen molar-refractivity contribution >= 4 is 17.9 Å². The lowest BCUT2D eigenvalue weighted by Crippen LogP contribution is -2.30. The number of hydrogen-bond donors (Lipinski definition) is 0. The number of rotatable bonds is 62. The molecule has 440 valence electrons. The fourth-order valence-electron chi connectivity index (χ4n) is 10.0. The third-order valence-corrected chi connectivity index (χ3v) is 15.1. The lowest BCUT2D eigenvalue weighted by atomic mass is 10.0. The summed E-state index contributed by atoms with van der Waals surface area (Å²) >= 11 is 0. The van der Waals surface area contributed by atoms with Gasteiger partial charge in [0, 0.05) is 19.3 Å². The molecule has 1 unspecified atom stereocenters. The molecule has 0 spiro atoms. The van der Waals surface area contributed by atoms with Gasteiger partial charge in [-0.3, -0.25) is 14.4 Å². The minimum atomic E-state index is -0.776. The number of ether oxygens (including phenoxy) is 3. The van der Waals surface area contributed by atoms with Gasteiger partial charge in [0.05, 0.1) is 0 Å². The van der Waals surface area contributed by atoms with Crippen molar-refractivity contribution in [2.45, 2.75) is 374 Å². The Balaban J connectivity index is 4.28. The highest BCUT2D eigenvalue weighted by molar-refractivity contribution is 5.71. The molecule has 0 aliphatic rings. The maximum atomic E-state index is 12.9. The number of esters is 3. The molecule has 0 aliphatic heterocycles. The lowest BCUT2D eigenvalue weighted by molar-refractivity contribution is -0.167. The Morgan fingerprint density at radius 3 is 0.787 bits per heavy atom. The maximum absolute atomic E-state index is 12.9. The standard InChI is InChI=1S/C69H128O6/c1-4-7-10-13-16-19-22-25-28-30-32-34-35-36-38-39-41-44-47-50-53-56-59-62-68(71)74-65-66(64-73-67(70)61-58-55-52-49-46-43-27-24-21-18-15-12-9-6-3)75-69(72)63-60-57-54-51-48-45-42-40-37-33-31-29-26-23-20-17-14-11-8-5-2/h15,18,24,27,30,32,66H,4-14,16-17,19-23,25-26,28-29,31,33-65H2,1-3H3/b18-15-,27-24-,32-30-. The van der Waals surface area contributed by atoms with E-state index in [-0.39, 0.29) is 31.1 Å². The summed E-state index contributed by atoms with van der Waals surface area (Å²) in [7, 11) is 0. The van der Waals surface area contributed by atoms with Crippen LogP contribution >= 0.6 is 0 Å². The van der Waals surface area contributed by atoms with Gasteiger partial charge in [-0.25, -0.2) is 0 Å². The van der Waals surface area contributed by atoms with E-state index in [9.17, 15) is 14.4 Å². The predicted octanol–water partition coefficient (Wildman–Crippen LogP) is 22.8. The second-order valence-electron chi connectivity index (χ2n) is 22.7. The summed E-state index contributed by atoms with van der Waals surface area (Å²) in [5, 5.41) is 0. The minimum absolute atomic E-state index is 0.0727. The van der Waals surface area contributed by atoms with Crippen LogP contribution in [0.5, 0.6) is 0 Å². The topological polar surface area (TPSA) is 78.9 Å². The molecule has 0 N–H and O–H groups in total. The Bertz CT molecular complexity index is 1250. The molecule has 0 aromatic carbocycles. The Morgan fingerprint density at radius 2 is 0.493 bits per heavy atom. The van der Waals surface area contributed by atoms with Crippen LogP contribution in [0.15, 0.2) is 36.5 Å². The van der Waals surface area contributed by atoms with Gasteiger partial charge in [0.15, 0.2) is 6.10 Å². The first-order valence-electron chi connectivity index (χ1n) is 33.5. The van der Waals surface area contributed by atoms with Gasteiger partial charge in [-0.05, 0) is 70.6 Å². The fourth-order valence-corrected chi connectivity index (χ4v) is 10.0. The largest absolute Gasteiger partial charge is 0.462 e. The number of allylic oxidation sites excluding steroid dienone is 6. The van der Waals surface area contributed by atoms with Crippen molar-refractivity contribution in [3.63, 3.8) is 0 Å². The van der Waals surface area contributed by atoms with Crippen LogP contribution in [0.3, 0.4) is 0 Å². The SMILES string of the molecule is CCCC/C=C\C/C=C\CCCCCCCC(=O)OCC(COC(=O)CCCCCCCCCCCCC/C=C\CCCCCCCCCC)OC(=O)CCCCCCCCCCCCCCCCCCCCCC. The molecular formula is C69H128O6. The molecule has 0 radical (unpaired) electrons. The van der Waals surface area contributed by atoms with Gasteiger partial charge in [0.1, 0.15) is 13.2 Å². The molecular weight excluding hydrogens is 925 g/mol. The van der Waals surface area contributed by atoms with E-state index in [1.807, 2.05) is 0 Å². The number of hydrogen-bond acceptors (Lipinski definition) is 6. The van der Waals surface area contributed by atoms with Crippen molar-refractivity contribution in [2.75, 3.05) is 13.2 Å². The van der Waals surface area contributed by atoms with Crippen LogP contribution in [0, 0.1) is 0 Å². The van der Waals surface area contributed by atoms with Crippen LogP contribution in [0.25, 0.3) is 0 Å². The summed E-state index contributed by atoms with van der Waals surface area (Å²) in [6.07, 6.45) is 78.7. The molecule has 0 fully saturated rings. The van der Waals surface area contributed by atoms with E-state index in [0.717, 1.165) is 77.0 Å². The first kappa shape index (κ1) is 72.6. The molecule has 0 aromatic rings. The van der Waals surface area contributed by atoms with Crippen LogP contribution < -0.4 is 0 Å². The van der Waals surface area contributed by atoms with E-state index in [0.29, 0.717) is 19.3 Å². The van der Waals surface area contributed by atoms with E-state index >= 15 is 0 Å². The normalized spacial score (nSPS) is 12.2. The van der Waals surface area contributed by atoms with Crippen molar-refractivity contribution in [1.82, 2.24) is 0 Å². The van der Waals surface area contributed by atoms with Crippen molar-refractivity contribution in [1.29, 1.82) is 0 Å². The van der Waals surface area contributed by atoms with Crippen LogP contribution in [0.2, 0.25) is 0 Å². The number of carbonyl (C=O) groups is 3. The molecule has 6 nitrogen and oxygen atoms in total. The lowest BCUT2D eigenvalue weighted by Gasteiger charge is -2.18.